The first-order chi connectivity index (χ1) is 10.0. The monoisotopic (exact) mass is 285 g/mol. The zero-order valence-corrected chi connectivity index (χ0v) is 12.2. The SMILES string of the molecule is CCCOc1cccc(-c2ccc(C(=N)N)c(=O)n2C)c1. The van der Waals surface area contributed by atoms with Crippen LogP contribution in [0.15, 0.2) is 41.2 Å². The number of benzene rings is 1. The number of pyridine rings is 1. The van der Waals surface area contributed by atoms with Crippen LogP contribution < -0.4 is 16.0 Å². The fourth-order valence-corrected chi connectivity index (χ4v) is 2.10. The van der Waals surface area contributed by atoms with Crippen molar-refractivity contribution >= 4 is 5.84 Å². The predicted octanol–water partition coefficient (Wildman–Crippen LogP) is 2.13. The largest absolute Gasteiger partial charge is 0.494 e. The number of nitrogens with one attached hydrogen (secondary N) is 1. The van der Waals surface area contributed by atoms with Gasteiger partial charge in [0.05, 0.1) is 17.9 Å². The minimum atomic E-state index is -0.278. The van der Waals surface area contributed by atoms with E-state index < -0.39 is 0 Å². The second kappa shape index (κ2) is 6.26. The van der Waals surface area contributed by atoms with E-state index in [1.807, 2.05) is 31.2 Å². The number of ether oxygens (including phenoxy) is 1. The molecule has 0 amide bonds. The Bertz CT molecular complexity index is 720. The lowest BCUT2D eigenvalue weighted by atomic mass is 10.1. The Morgan fingerprint density at radius 3 is 2.76 bits per heavy atom. The number of amidine groups is 1. The number of rotatable bonds is 5. The smallest absolute Gasteiger partial charge is 0.261 e. The Kier molecular flexibility index (Phi) is 4.42. The average molecular weight is 285 g/mol. The highest BCUT2D eigenvalue weighted by molar-refractivity contribution is 5.94. The maximum Gasteiger partial charge on any atom is 0.261 e. The molecule has 0 atom stereocenters. The van der Waals surface area contributed by atoms with Crippen molar-refractivity contribution in [3.05, 3.63) is 52.3 Å². The third-order valence-electron chi connectivity index (χ3n) is 3.20. The molecule has 0 bridgehead atoms. The molecular weight excluding hydrogens is 266 g/mol. The molecule has 0 spiro atoms. The van der Waals surface area contributed by atoms with Crippen molar-refractivity contribution < 1.29 is 4.74 Å². The standard InChI is InChI=1S/C16H19N3O2/c1-3-9-21-12-6-4-5-11(10-12)14-8-7-13(15(17)18)16(20)19(14)2/h4-8,10H,3,9H2,1-2H3,(H3,17,18). The van der Waals surface area contributed by atoms with Crippen molar-refractivity contribution in [1.82, 2.24) is 4.57 Å². The Hall–Kier alpha value is -2.56. The van der Waals surface area contributed by atoms with Gasteiger partial charge in [0.1, 0.15) is 11.6 Å². The van der Waals surface area contributed by atoms with E-state index in [0.29, 0.717) is 6.61 Å². The first kappa shape index (κ1) is 14.8. The van der Waals surface area contributed by atoms with Gasteiger partial charge in [-0.2, -0.15) is 0 Å². The van der Waals surface area contributed by atoms with Gasteiger partial charge >= 0.3 is 0 Å². The Balaban J connectivity index is 2.45. The van der Waals surface area contributed by atoms with E-state index in [2.05, 4.69) is 0 Å². The van der Waals surface area contributed by atoms with Gasteiger partial charge in [-0.3, -0.25) is 10.2 Å². The summed E-state index contributed by atoms with van der Waals surface area (Å²) >= 11 is 0. The van der Waals surface area contributed by atoms with Crippen LogP contribution in [0.1, 0.15) is 18.9 Å². The van der Waals surface area contributed by atoms with Crippen LogP contribution in [0.5, 0.6) is 5.75 Å². The molecule has 0 radical (unpaired) electrons. The lowest BCUT2D eigenvalue weighted by Gasteiger charge is -2.11. The molecule has 2 rings (SSSR count). The van der Waals surface area contributed by atoms with Gasteiger partial charge in [-0.05, 0) is 30.7 Å². The summed E-state index contributed by atoms with van der Waals surface area (Å²) in [6.07, 6.45) is 0.940. The van der Waals surface area contributed by atoms with Crippen LogP contribution in [0.25, 0.3) is 11.3 Å². The van der Waals surface area contributed by atoms with Gasteiger partial charge in [0.15, 0.2) is 0 Å². The van der Waals surface area contributed by atoms with Crippen molar-refractivity contribution in [2.45, 2.75) is 13.3 Å². The molecule has 0 unspecified atom stereocenters. The minimum Gasteiger partial charge on any atom is -0.494 e. The van der Waals surface area contributed by atoms with Crippen LogP contribution in [0.2, 0.25) is 0 Å². The number of nitrogen functional groups attached to an aromatic ring is 1. The van der Waals surface area contributed by atoms with E-state index in [9.17, 15) is 4.79 Å². The Labute approximate surface area is 123 Å². The van der Waals surface area contributed by atoms with Crippen LogP contribution in [0.3, 0.4) is 0 Å². The molecular formula is C16H19N3O2. The molecule has 1 aromatic heterocycles. The van der Waals surface area contributed by atoms with Gasteiger partial charge in [0.25, 0.3) is 5.56 Å². The first-order valence-electron chi connectivity index (χ1n) is 6.82. The molecule has 0 aliphatic rings. The van der Waals surface area contributed by atoms with Gasteiger partial charge in [-0.1, -0.05) is 19.1 Å². The van der Waals surface area contributed by atoms with E-state index in [1.54, 1.807) is 19.2 Å². The van der Waals surface area contributed by atoms with Crippen molar-refractivity contribution in [2.75, 3.05) is 6.61 Å². The number of hydrogen-bond donors (Lipinski definition) is 2. The molecule has 2 aromatic rings. The molecule has 0 saturated carbocycles. The molecule has 5 heteroatoms. The van der Waals surface area contributed by atoms with E-state index in [-0.39, 0.29) is 17.0 Å². The van der Waals surface area contributed by atoms with Crippen molar-refractivity contribution in [3.63, 3.8) is 0 Å². The molecule has 1 aromatic carbocycles. The van der Waals surface area contributed by atoms with E-state index in [1.165, 1.54) is 4.57 Å². The molecule has 0 saturated heterocycles. The molecule has 1 heterocycles. The van der Waals surface area contributed by atoms with Gasteiger partial charge in [-0.15, -0.1) is 0 Å². The Morgan fingerprint density at radius 1 is 1.33 bits per heavy atom. The first-order valence-corrected chi connectivity index (χ1v) is 6.82. The summed E-state index contributed by atoms with van der Waals surface area (Å²) < 4.78 is 7.10. The highest BCUT2D eigenvalue weighted by atomic mass is 16.5. The zero-order valence-electron chi connectivity index (χ0n) is 12.2. The van der Waals surface area contributed by atoms with Gasteiger partial charge in [-0.25, -0.2) is 0 Å². The van der Waals surface area contributed by atoms with Crippen LogP contribution in [0, 0.1) is 5.41 Å². The Morgan fingerprint density at radius 2 is 2.10 bits per heavy atom. The predicted molar refractivity (Wildman–Crippen MR) is 83.9 cm³/mol. The number of hydrogen-bond acceptors (Lipinski definition) is 3. The minimum absolute atomic E-state index is 0.208. The third kappa shape index (κ3) is 3.13. The van der Waals surface area contributed by atoms with Gasteiger partial charge in [0, 0.05) is 12.6 Å². The molecule has 0 aliphatic heterocycles. The maximum absolute atomic E-state index is 12.2. The summed E-state index contributed by atoms with van der Waals surface area (Å²) in [5, 5.41) is 7.40. The number of aromatic nitrogens is 1. The second-order valence-electron chi connectivity index (χ2n) is 4.79. The molecule has 0 aliphatic carbocycles. The maximum atomic E-state index is 12.2. The zero-order chi connectivity index (χ0) is 15.4. The molecule has 21 heavy (non-hydrogen) atoms. The second-order valence-corrected chi connectivity index (χ2v) is 4.79. The fraction of sp³-hybridized carbons (Fsp3) is 0.250. The quantitative estimate of drug-likeness (QED) is 0.652. The lowest BCUT2D eigenvalue weighted by molar-refractivity contribution is 0.317. The molecule has 110 valence electrons. The van der Waals surface area contributed by atoms with Crippen molar-refractivity contribution in [1.29, 1.82) is 5.41 Å². The summed E-state index contributed by atoms with van der Waals surface area (Å²) in [7, 11) is 1.67. The topological polar surface area (TPSA) is 81.1 Å². The summed E-state index contributed by atoms with van der Waals surface area (Å²) in [6.45, 7) is 2.71. The van der Waals surface area contributed by atoms with Crippen LogP contribution in [0.4, 0.5) is 0 Å². The molecule has 3 N–H and O–H groups in total. The van der Waals surface area contributed by atoms with Crippen LogP contribution in [-0.2, 0) is 7.05 Å². The molecule has 5 nitrogen and oxygen atoms in total. The summed E-state index contributed by atoms with van der Waals surface area (Å²) in [4.78, 5) is 12.2. The number of nitrogens with two attached hydrogens (primary N) is 1. The third-order valence-corrected chi connectivity index (χ3v) is 3.20. The van der Waals surface area contributed by atoms with Crippen molar-refractivity contribution in [3.8, 4) is 17.0 Å². The lowest BCUT2D eigenvalue weighted by Crippen LogP contribution is -2.28. The fourth-order valence-electron chi connectivity index (χ4n) is 2.10. The highest BCUT2D eigenvalue weighted by Crippen LogP contribution is 2.23. The van der Waals surface area contributed by atoms with E-state index >= 15 is 0 Å². The summed E-state index contributed by atoms with van der Waals surface area (Å²) in [5.74, 6) is 0.555. The van der Waals surface area contributed by atoms with Crippen molar-refractivity contribution in [2.24, 2.45) is 12.8 Å². The van der Waals surface area contributed by atoms with Crippen LogP contribution >= 0.6 is 0 Å². The normalized spacial score (nSPS) is 10.4. The summed E-state index contributed by atoms with van der Waals surface area (Å²) in [6, 6.07) is 11.0. The molecule has 0 fully saturated rings. The average Bonchev–Trinajstić information content (AvgIpc) is 2.47. The van der Waals surface area contributed by atoms with E-state index in [0.717, 1.165) is 23.4 Å². The van der Waals surface area contributed by atoms with Gasteiger partial charge < -0.3 is 15.0 Å². The van der Waals surface area contributed by atoms with E-state index in [4.69, 9.17) is 15.9 Å². The van der Waals surface area contributed by atoms with Crippen LogP contribution in [-0.4, -0.2) is 17.0 Å². The van der Waals surface area contributed by atoms with Gasteiger partial charge in [0.2, 0.25) is 0 Å². The number of nitrogens with zero attached hydrogens (tertiary/aromatic N) is 1. The summed E-state index contributed by atoms with van der Waals surface area (Å²) in [5.41, 5.74) is 6.98. The highest BCUT2D eigenvalue weighted by Gasteiger charge is 2.10.